The lowest BCUT2D eigenvalue weighted by Gasteiger charge is -2.06. The van der Waals surface area contributed by atoms with Gasteiger partial charge in [-0.05, 0) is 19.2 Å². The first-order valence-corrected chi connectivity index (χ1v) is 5.25. The van der Waals surface area contributed by atoms with E-state index in [9.17, 15) is 4.39 Å². The van der Waals surface area contributed by atoms with Crippen LogP contribution in [0.3, 0.4) is 0 Å². The van der Waals surface area contributed by atoms with Gasteiger partial charge in [0.25, 0.3) is 0 Å². The summed E-state index contributed by atoms with van der Waals surface area (Å²) in [5.41, 5.74) is 3.57. The van der Waals surface area contributed by atoms with Crippen molar-refractivity contribution < 1.29 is 4.39 Å². The second-order valence-corrected chi connectivity index (χ2v) is 4.18. The van der Waals surface area contributed by atoms with Crippen molar-refractivity contribution in [3.8, 4) is 11.3 Å². The molecule has 0 radical (unpaired) electrons. The van der Waals surface area contributed by atoms with Crippen LogP contribution in [0.1, 0.15) is 11.3 Å². The zero-order valence-electron chi connectivity index (χ0n) is 9.00. The zero-order valence-corrected chi connectivity index (χ0v) is 9.00. The van der Waals surface area contributed by atoms with Gasteiger partial charge in [-0.15, -0.1) is 0 Å². The molecule has 0 unspecified atom stereocenters. The largest absolute Gasteiger partial charge is 0.296 e. The van der Waals surface area contributed by atoms with Crippen LogP contribution in [0, 0.1) is 5.82 Å². The zero-order chi connectivity index (χ0) is 11.1. The number of hydrogen-bond acceptors (Lipinski definition) is 2. The average molecular weight is 217 g/mol. The highest BCUT2D eigenvalue weighted by molar-refractivity contribution is 5.65. The van der Waals surface area contributed by atoms with Crippen molar-refractivity contribution in [3.05, 3.63) is 41.3 Å². The lowest BCUT2D eigenvalue weighted by Crippen LogP contribution is -2.09. The molecule has 16 heavy (non-hydrogen) atoms. The van der Waals surface area contributed by atoms with E-state index in [-0.39, 0.29) is 5.82 Å². The Bertz CT molecular complexity index is 533. The maximum absolute atomic E-state index is 13.7. The summed E-state index contributed by atoms with van der Waals surface area (Å²) in [7, 11) is 2.03. The second-order valence-electron chi connectivity index (χ2n) is 4.18. The van der Waals surface area contributed by atoms with Crippen LogP contribution in [0.25, 0.3) is 11.3 Å². The van der Waals surface area contributed by atoms with Crippen LogP contribution in [-0.4, -0.2) is 22.1 Å². The van der Waals surface area contributed by atoms with E-state index in [1.165, 1.54) is 6.07 Å². The van der Waals surface area contributed by atoms with Gasteiger partial charge >= 0.3 is 0 Å². The minimum absolute atomic E-state index is 0.205. The molecule has 0 fully saturated rings. The number of rotatable bonds is 1. The van der Waals surface area contributed by atoms with Gasteiger partial charge in [-0.2, -0.15) is 5.10 Å². The van der Waals surface area contributed by atoms with E-state index in [0.717, 1.165) is 30.0 Å². The van der Waals surface area contributed by atoms with E-state index in [1.807, 2.05) is 13.1 Å². The number of fused-ring (bicyclic) bond motifs is 1. The molecule has 0 atom stereocenters. The van der Waals surface area contributed by atoms with Crippen LogP contribution in [0.15, 0.2) is 24.3 Å². The molecule has 0 saturated carbocycles. The Morgan fingerprint density at radius 1 is 1.31 bits per heavy atom. The van der Waals surface area contributed by atoms with Crippen molar-refractivity contribution >= 4 is 0 Å². The minimum atomic E-state index is -0.205. The topological polar surface area (TPSA) is 31.9 Å². The summed E-state index contributed by atoms with van der Waals surface area (Å²) >= 11 is 0. The molecule has 2 aromatic rings. The predicted molar refractivity (Wildman–Crippen MR) is 59.2 cm³/mol. The molecule has 1 aromatic carbocycles. The number of nitrogens with one attached hydrogen (secondary N) is 1. The Labute approximate surface area is 92.9 Å². The highest BCUT2D eigenvalue weighted by Crippen LogP contribution is 2.30. The Balaban J connectivity index is 2.12. The summed E-state index contributed by atoms with van der Waals surface area (Å²) in [4.78, 5) is 2.16. The fourth-order valence-electron chi connectivity index (χ4n) is 2.17. The van der Waals surface area contributed by atoms with Crippen molar-refractivity contribution in [2.24, 2.45) is 0 Å². The smallest absolute Gasteiger partial charge is 0.132 e. The van der Waals surface area contributed by atoms with Crippen molar-refractivity contribution in [2.45, 2.75) is 13.1 Å². The highest BCUT2D eigenvalue weighted by atomic mass is 19.1. The highest BCUT2D eigenvalue weighted by Gasteiger charge is 2.23. The number of H-pyrrole nitrogens is 1. The predicted octanol–water partition coefficient (Wildman–Crippen LogP) is 2.16. The third-order valence-electron chi connectivity index (χ3n) is 2.94. The summed E-state index contributed by atoms with van der Waals surface area (Å²) in [5, 5.41) is 7.17. The molecule has 1 aliphatic heterocycles. The minimum Gasteiger partial charge on any atom is -0.296 e. The van der Waals surface area contributed by atoms with E-state index in [1.54, 1.807) is 12.1 Å². The molecular weight excluding hydrogens is 205 g/mol. The molecule has 1 aromatic heterocycles. The number of aromatic nitrogens is 2. The second kappa shape index (κ2) is 3.42. The Morgan fingerprint density at radius 3 is 2.94 bits per heavy atom. The third-order valence-corrected chi connectivity index (χ3v) is 2.94. The number of hydrogen-bond donors (Lipinski definition) is 1. The van der Waals surface area contributed by atoms with E-state index in [2.05, 4.69) is 15.1 Å². The maximum atomic E-state index is 13.7. The molecule has 1 aliphatic rings. The number of nitrogens with zero attached hydrogens (tertiary/aromatic N) is 2. The normalized spacial score (nSPS) is 15.4. The summed E-state index contributed by atoms with van der Waals surface area (Å²) in [6.45, 7) is 1.66. The van der Waals surface area contributed by atoms with E-state index < -0.39 is 0 Å². The van der Waals surface area contributed by atoms with Gasteiger partial charge in [-0.25, -0.2) is 4.39 Å². The molecule has 4 heteroatoms. The van der Waals surface area contributed by atoms with Gasteiger partial charge in [0.15, 0.2) is 0 Å². The van der Waals surface area contributed by atoms with Crippen LogP contribution in [0.2, 0.25) is 0 Å². The van der Waals surface area contributed by atoms with Crippen LogP contribution in [-0.2, 0) is 13.1 Å². The van der Waals surface area contributed by atoms with Gasteiger partial charge in [0.1, 0.15) is 5.82 Å². The molecule has 0 amide bonds. The standard InChI is InChI=1S/C12H12FN3/c1-16-6-9-11(7-16)14-15-12(9)8-4-2-3-5-10(8)13/h2-5H,6-7H2,1H3,(H,14,15). The number of benzene rings is 1. The van der Waals surface area contributed by atoms with E-state index >= 15 is 0 Å². The van der Waals surface area contributed by atoms with Crippen LogP contribution in [0.5, 0.6) is 0 Å². The molecule has 3 nitrogen and oxygen atoms in total. The molecule has 82 valence electrons. The first kappa shape index (κ1) is 9.54. The van der Waals surface area contributed by atoms with Crippen LogP contribution in [0.4, 0.5) is 4.39 Å². The first-order chi connectivity index (χ1) is 7.75. The Kier molecular flexibility index (Phi) is 2.04. The summed E-state index contributed by atoms with van der Waals surface area (Å²) in [5.74, 6) is -0.205. The van der Waals surface area contributed by atoms with Crippen LogP contribution >= 0.6 is 0 Å². The number of halogens is 1. The van der Waals surface area contributed by atoms with Crippen molar-refractivity contribution in [1.82, 2.24) is 15.1 Å². The molecule has 0 aliphatic carbocycles. The molecule has 3 rings (SSSR count). The monoisotopic (exact) mass is 217 g/mol. The summed E-state index contributed by atoms with van der Waals surface area (Å²) in [6.07, 6.45) is 0. The Morgan fingerprint density at radius 2 is 2.12 bits per heavy atom. The Hall–Kier alpha value is -1.68. The quantitative estimate of drug-likeness (QED) is 0.793. The van der Waals surface area contributed by atoms with Crippen LogP contribution < -0.4 is 0 Å². The van der Waals surface area contributed by atoms with Gasteiger partial charge < -0.3 is 0 Å². The summed E-state index contributed by atoms with van der Waals surface area (Å²) in [6, 6.07) is 6.79. The van der Waals surface area contributed by atoms with Gasteiger partial charge in [0.05, 0.1) is 11.4 Å². The van der Waals surface area contributed by atoms with E-state index in [4.69, 9.17) is 0 Å². The average Bonchev–Trinajstić information content (AvgIpc) is 2.78. The third kappa shape index (κ3) is 1.34. The van der Waals surface area contributed by atoms with Gasteiger partial charge in [0.2, 0.25) is 0 Å². The van der Waals surface area contributed by atoms with Gasteiger partial charge in [-0.3, -0.25) is 10.00 Å². The van der Waals surface area contributed by atoms with Gasteiger partial charge in [0, 0.05) is 24.2 Å². The maximum Gasteiger partial charge on any atom is 0.132 e. The molecule has 2 heterocycles. The number of aromatic amines is 1. The van der Waals surface area contributed by atoms with Crippen molar-refractivity contribution in [3.63, 3.8) is 0 Å². The summed E-state index contributed by atoms with van der Waals surface area (Å²) < 4.78 is 13.7. The molecule has 1 N–H and O–H groups in total. The molecule has 0 saturated heterocycles. The lowest BCUT2D eigenvalue weighted by atomic mass is 10.1. The van der Waals surface area contributed by atoms with E-state index in [0.29, 0.717) is 5.56 Å². The molecular formula is C12H12FN3. The lowest BCUT2D eigenvalue weighted by molar-refractivity contribution is 0.349. The molecule has 0 spiro atoms. The SMILES string of the molecule is CN1Cc2n[nH]c(-c3ccccc3F)c2C1. The fourth-order valence-corrected chi connectivity index (χ4v) is 2.17. The van der Waals surface area contributed by atoms with Crippen molar-refractivity contribution in [1.29, 1.82) is 0 Å². The fraction of sp³-hybridized carbons (Fsp3) is 0.250. The first-order valence-electron chi connectivity index (χ1n) is 5.25. The van der Waals surface area contributed by atoms with Gasteiger partial charge in [-0.1, -0.05) is 12.1 Å². The molecule has 0 bridgehead atoms. The van der Waals surface area contributed by atoms with Crippen molar-refractivity contribution in [2.75, 3.05) is 7.05 Å².